The lowest BCUT2D eigenvalue weighted by atomic mass is 10.1. The van der Waals surface area contributed by atoms with E-state index in [0.29, 0.717) is 33.5 Å². The third kappa shape index (κ3) is 3.91. The molecule has 1 N–H and O–H groups in total. The van der Waals surface area contributed by atoms with Crippen molar-refractivity contribution in [3.05, 3.63) is 57.9 Å². The first-order chi connectivity index (χ1) is 14.1. The van der Waals surface area contributed by atoms with Crippen LogP contribution in [0.3, 0.4) is 0 Å². The highest BCUT2D eigenvalue weighted by molar-refractivity contribution is 7.16. The van der Waals surface area contributed by atoms with Crippen LogP contribution in [0.1, 0.15) is 38.7 Å². The van der Waals surface area contributed by atoms with Crippen molar-refractivity contribution in [1.29, 1.82) is 0 Å². The molecule has 1 aromatic carbocycles. The molecule has 7 heteroatoms. The van der Waals surface area contributed by atoms with Crippen molar-refractivity contribution in [2.24, 2.45) is 4.99 Å². The van der Waals surface area contributed by atoms with Crippen molar-refractivity contribution < 1.29 is 18.7 Å². The first-order valence-electron chi connectivity index (χ1n) is 9.37. The smallest absolute Gasteiger partial charge is 0.259 e. The molecule has 3 aromatic rings. The maximum Gasteiger partial charge on any atom is 0.259 e. The van der Waals surface area contributed by atoms with Crippen LogP contribution in [0.4, 0.5) is 10.7 Å². The minimum atomic E-state index is -0.185. The van der Waals surface area contributed by atoms with Gasteiger partial charge in [0.15, 0.2) is 0 Å². The number of hydrogen-bond acceptors (Lipinski definition) is 6. The van der Waals surface area contributed by atoms with E-state index in [4.69, 9.17) is 13.9 Å². The second-order valence-corrected chi connectivity index (χ2v) is 7.85. The van der Waals surface area contributed by atoms with Crippen LogP contribution in [0, 0.1) is 6.92 Å². The van der Waals surface area contributed by atoms with Crippen LogP contribution >= 0.6 is 11.3 Å². The number of ether oxygens (including phenoxy) is 2. The summed E-state index contributed by atoms with van der Waals surface area (Å²) < 4.78 is 16.2. The minimum Gasteiger partial charge on any atom is -0.497 e. The molecule has 2 heterocycles. The van der Waals surface area contributed by atoms with E-state index < -0.39 is 0 Å². The van der Waals surface area contributed by atoms with E-state index in [1.54, 1.807) is 50.0 Å². The van der Waals surface area contributed by atoms with E-state index in [0.717, 1.165) is 30.6 Å². The Hall–Kier alpha value is -3.06. The second-order valence-electron chi connectivity index (χ2n) is 6.76. The zero-order chi connectivity index (χ0) is 20.4. The number of aliphatic imine (C=N–C) groups is 1. The van der Waals surface area contributed by atoms with Crippen LogP contribution in [-0.2, 0) is 12.8 Å². The Morgan fingerprint density at radius 1 is 1.21 bits per heavy atom. The number of aryl methyl sites for hydroxylation is 2. The predicted molar refractivity (Wildman–Crippen MR) is 115 cm³/mol. The normalized spacial score (nSPS) is 12.9. The van der Waals surface area contributed by atoms with Crippen LogP contribution in [0.2, 0.25) is 0 Å². The van der Waals surface area contributed by atoms with Crippen molar-refractivity contribution in [3.63, 3.8) is 0 Å². The topological polar surface area (TPSA) is 73.1 Å². The second kappa shape index (κ2) is 8.13. The highest BCUT2D eigenvalue weighted by Gasteiger charge is 2.27. The summed E-state index contributed by atoms with van der Waals surface area (Å²) in [5, 5.41) is 3.68. The van der Waals surface area contributed by atoms with E-state index in [1.165, 1.54) is 4.88 Å². The molecule has 0 radical (unpaired) electrons. The lowest BCUT2D eigenvalue weighted by Gasteiger charge is -2.12. The zero-order valence-electron chi connectivity index (χ0n) is 16.6. The van der Waals surface area contributed by atoms with Crippen LogP contribution in [0.15, 0.2) is 39.7 Å². The molecule has 0 unspecified atom stereocenters. The average molecular weight is 410 g/mol. The molecule has 0 spiro atoms. The lowest BCUT2D eigenvalue weighted by Crippen LogP contribution is -2.14. The van der Waals surface area contributed by atoms with Gasteiger partial charge in [0.05, 0.1) is 31.7 Å². The molecule has 0 aliphatic heterocycles. The maximum atomic E-state index is 13.2. The third-order valence-electron chi connectivity index (χ3n) is 4.86. The molecule has 0 fully saturated rings. The Kier molecular flexibility index (Phi) is 5.40. The first kappa shape index (κ1) is 19.3. The summed E-state index contributed by atoms with van der Waals surface area (Å²) >= 11 is 1.58. The molecular weight excluding hydrogens is 388 g/mol. The number of fused-ring (bicyclic) bond motifs is 1. The molecule has 1 amide bonds. The lowest BCUT2D eigenvalue weighted by molar-refractivity contribution is 0.102. The number of nitrogens with one attached hydrogen (secondary N) is 1. The summed E-state index contributed by atoms with van der Waals surface area (Å²) in [5.41, 5.74) is 2.33. The molecule has 2 aromatic heterocycles. The fourth-order valence-corrected chi connectivity index (χ4v) is 4.68. The SMILES string of the molecule is COc1ccc(NC(=O)c2c(/N=C/c3ccc(C)o3)sc3c2CCC3)c(OC)c1. The number of carbonyl (C=O) groups excluding carboxylic acids is 1. The van der Waals surface area contributed by atoms with Gasteiger partial charge in [-0.2, -0.15) is 0 Å². The van der Waals surface area contributed by atoms with Gasteiger partial charge in [0.25, 0.3) is 5.91 Å². The van der Waals surface area contributed by atoms with Gasteiger partial charge >= 0.3 is 0 Å². The van der Waals surface area contributed by atoms with Gasteiger partial charge in [-0.25, -0.2) is 4.99 Å². The predicted octanol–water partition coefficient (Wildman–Crippen LogP) is 5.16. The molecule has 0 saturated carbocycles. The van der Waals surface area contributed by atoms with E-state index >= 15 is 0 Å². The van der Waals surface area contributed by atoms with Crippen LogP contribution in [-0.4, -0.2) is 26.3 Å². The largest absolute Gasteiger partial charge is 0.497 e. The summed E-state index contributed by atoms with van der Waals surface area (Å²) in [6, 6.07) is 9.05. The van der Waals surface area contributed by atoms with Crippen molar-refractivity contribution >= 4 is 34.1 Å². The summed E-state index contributed by atoms with van der Waals surface area (Å²) in [7, 11) is 3.15. The highest BCUT2D eigenvalue weighted by atomic mass is 32.1. The molecule has 150 valence electrons. The molecular formula is C22H22N2O4S. The Morgan fingerprint density at radius 2 is 2.07 bits per heavy atom. The third-order valence-corrected chi connectivity index (χ3v) is 6.06. The standard InChI is InChI=1S/C22H22N2O4S/c1-13-7-8-15(28-13)12-23-22-20(16-5-4-6-19(16)29-22)21(25)24-17-10-9-14(26-2)11-18(17)27-3/h7-12H,4-6H2,1-3H3,(H,24,25)/b23-12+. The number of carbonyl (C=O) groups is 1. The quantitative estimate of drug-likeness (QED) is 0.570. The highest BCUT2D eigenvalue weighted by Crippen LogP contribution is 2.41. The number of furan rings is 1. The molecule has 4 rings (SSSR count). The first-order valence-corrected chi connectivity index (χ1v) is 10.2. The van der Waals surface area contributed by atoms with E-state index in [1.807, 2.05) is 19.1 Å². The van der Waals surface area contributed by atoms with E-state index in [2.05, 4.69) is 10.3 Å². The summed E-state index contributed by atoms with van der Waals surface area (Å²) in [4.78, 5) is 19.0. The number of nitrogens with zero attached hydrogens (tertiary/aromatic N) is 1. The zero-order valence-corrected chi connectivity index (χ0v) is 17.4. The van der Waals surface area contributed by atoms with Gasteiger partial charge in [-0.1, -0.05) is 0 Å². The number of benzene rings is 1. The number of methoxy groups -OCH3 is 2. The number of anilines is 1. The van der Waals surface area contributed by atoms with Gasteiger partial charge in [0.2, 0.25) is 0 Å². The molecule has 0 atom stereocenters. The molecule has 29 heavy (non-hydrogen) atoms. The van der Waals surface area contributed by atoms with Gasteiger partial charge in [-0.3, -0.25) is 4.79 Å². The number of hydrogen-bond donors (Lipinski definition) is 1. The Bertz CT molecular complexity index is 1080. The Balaban J connectivity index is 1.65. The molecule has 1 aliphatic carbocycles. The van der Waals surface area contributed by atoms with Crippen molar-refractivity contribution in [2.75, 3.05) is 19.5 Å². The summed E-state index contributed by atoms with van der Waals surface area (Å²) in [5.74, 6) is 2.51. The van der Waals surface area contributed by atoms with Gasteiger partial charge < -0.3 is 19.2 Å². The molecule has 0 saturated heterocycles. The van der Waals surface area contributed by atoms with Crippen molar-refractivity contribution in [2.45, 2.75) is 26.2 Å². The van der Waals surface area contributed by atoms with Crippen LogP contribution in [0.5, 0.6) is 11.5 Å². The number of amides is 1. The summed E-state index contributed by atoms with van der Waals surface area (Å²) in [6.07, 6.45) is 4.61. The van der Waals surface area contributed by atoms with Crippen LogP contribution in [0.25, 0.3) is 0 Å². The Labute approximate surface area is 173 Å². The average Bonchev–Trinajstić information content (AvgIpc) is 3.42. The van der Waals surface area contributed by atoms with Gasteiger partial charge in [0.1, 0.15) is 28.0 Å². The Morgan fingerprint density at radius 3 is 2.79 bits per heavy atom. The van der Waals surface area contributed by atoms with Gasteiger partial charge in [0, 0.05) is 10.9 Å². The molecule has 6 nitrogen and oxygen atoms in total. The fraction of sp³-hybridized carbons (Fsp3) is 0.273. The van der Waals surface area contributed by atoms with E-state index in [9.17, 15) is 4.79 Å². The summed E-state index contributed by atoms with van der Waals surface area (Å²) in [6.45, 7) is 1.89. The number of rotatable bonds is 6. The number of thiophene rings is 1. The maximum absolute atomic E-state index is 13.2. The van der Waals surface area contributed by atoms with E-state index in [-0.39, 0.29) is 5.91 Å². The fourth-order valence-electron chi connectivity index (χ4n) is 3.45. The minimum absolute atomic E-state index is 0.185. The van der Waals surface area contributed by atoms with Gasteiger partial charge in [-0.15, -0.1) is 11.3 Å². The van der Waals surface area contributed by atoms with Crippen LogP contribution < -0.4 is 14.8 Å². The van der Waals surface area contributed by atoms with Crippen molar-refractivity contribution in [3.8, 4) is 11.5 Å². The van der Waals surface area contributed by atoms with Crippen molar-refractivity contribution in [1.82, 2.24) is 0 Å². The monoisotopic (exact) mass is 410 g/mol. The molecule has 1 aliphatic rings. The van der Waals surface area contributed by atoms with Gasteiger partial charge in [-0.05, 0) is 56.0 Å². The molecule has 0 bridgehead atoms.